The SMILES string of the molecule is CS(=O)(=O)N1CCc2cc(C(=O)NCC(c3ccccc3)c3ccccc3)ccc21. The van der Waals surface area contributed by atoms with E-state index in [0.717, 1.165) is 16.7 Å². The van der Waals surface area contributed by atoms with Gasteiger partial charge in [-0.15, -0.1) is 0 Å². The second-order valence-corrected chi connectivity index (χ2v) is 9.42. The van der Waals surface area contributed by atoms with Crippen LogP contribution < -0.4 is 9.62 Å². The third-order valence-corrected chi connectivity index (χ3v) is 6.65. The first-order valence-corrected chi connectivity index (χ1v) is 11.8. The number of nitrogens with one attached hydrogen (secondary N) is 1. The van der Waals surface area contributed by atoms with Crippen molar-refractivity contribution < 1.29 is 13.2 Å². The van der Waals surface area contributed by atoms with Crippen LogP contribution in [0.2, 0.25) is 0 Å². The quantitative estimate of drug-likeness (QED) is 0.663. The number of nitrogens with zero attached hydrogens (tertiary/aromatic N) is 1. The molecule has 0 saturated heterocycles. The maximum atomic E-state index is 12.8. The van der Waals surface area contributed by atoms with Crippen molar-refractivity contribution in [3.63, 3.8) is 0 Å². The fourth-order valence-corrected chi connectivity index (χ4v) is 4.91. The van der Waals surface area contributed by atoms with Crippen molar-refractivity contribution in [1.29, 1.82) is 0 Å². The lowest BCUT2D eigenvalue weighted by atomic mass is 9.91. The minimum Gasteiger partial charge on any atom is -0.351 e. The molecule has 0 unspecified atom stereocenters. The highest BCUT2D eigenvalue weighted by Gasteiger charge is 2.27. The predicted molar refractivity (Wildman–Crippen MR) is 119 cm³/mol. The van der Waals surface area contributed by atoms with Gasteiger partial charge in [0.1, 0.15) is 0 Å². The van der Waals surface area contributed by atoms with Gasteiger partial charge in [0.15, 0.2) is 0 Å². The van der Waals surface area contributed by atoms with Crippen LogP contribution in [-0.2, 0) is 16.4 Å². The number of amides is 1. The van der Waals surface area contributed by atoms with Gasteiger partial charge in [-0.05, 0) is 41.3 Å². The van der Waals surface area contributed by atoms with Gasteiger partial charge in [-0.3, -0.25) is 9.10 Å². The third-order valence-electron chi connectivity index (χ3n) is 5.47. The van der Waals surface area contributed by atoms with Gasteiger partial charge in [0.2, 0.25) is 10.0 Å². The number of hydrogen-bond donors (Lipinski definition) is 1. The van der Waals surface area contributed by atoms with E-state index in [9.17, 15) is 13.2 Å². The maximum absolute atomic E-state index is 12.8. The van der Waals surface area contributed by atoms with Gasteiger partial charge in [-0.1, -0.05) is 60.7 Å². The van der Waals surface area contributed by atoms with Crippen molar-refractivity contribution >= 4 is 21.6 Å². The standard InChI is InChI=1S/C24H24N2O3S/c1-30(28,29)26-15-14-20-16-21(12-13-23(20)26)24(27)25-17-22(18-8-4-2-5-9-18)19-10-6-3-7-11-19/h2-13,16,22H,14-15,17H2,1H3,(H,25,27). The molecular weight excluding hydrogens is 396 g/mol. The average Bonchev–Trinajstić information content (AvgIpc) is 3.19. The Morgan fingerprint density at radius 3 is 2.13 bits per heavy atom. The zero-order valence-corrected chi connectivity index (χ0v) is 17.6. The highest BCUT2D eigenvalue weighted by atomic mass is 32.2. The minimum atomic E-state index is -3.30. The Morgan fingerprint density at radius 1 is 0.967 bits per heavy atom. The van der Waals surface area contributed by atoms with Crippen molar-refractivity contribution in [1.82, 2.24) is 5.32 Å². The van der Waals surface area contributed by atoms with Gasteiger partial charge >= 0.3 is 0 Å². The topological polar surface area (TPSA) is 66.5 Å². The summed E-state index contributed by atoms with van der Waals surface area (Å²) in [7, 11) is -3.30. The zero-order chi connectivity index (χ0) is 21.1. The van der Waals surface area contributed by atoms with Gasteiger partial charge in [0.25, 0.3) is 5.91 Å². The molecule has 3 aromatic rings. The molecule has 5 nitrogen and oxygen atoms in total. The average molecular weight is 421 g/mol. The van der Waals surface area contributed by atoms with Crippen LogP contribution in [0.3, 0.4) is 0 Å². The van der Waals surface area contributed by atoms with E-state index in [1.807, 2.05) is 36.4 Å². The van der Waals surface area contributed by atoms with Gasteiger partial charge < -0.3 is 5.32 Å². The van der Waals surface area contributed by atoms with Crippen LogP contribution in [0, 0.1) is 0 Å². The first kappa shape index (κ1) is 20.2. The van der Waals surface area contributed by atoms with E-state index < -0.39 is 10.0 Å². The summed E-state index contributed by atoms with van der Waals surface area (Å²) in [6.45, 7) is 0.892. The molecule has 0 spiro atoms. The molecule has 1 aliphatic heterocycles. The molecule has 0 radical (unpaired) electrons. The van der Waals surface area contributed by atoms with Crippen LogP contribution in [0.4, 0.5) is 5.69 Å². The lowest BCUT2D eigenvalue weighted by Crippen LogP contribution is -2.29. The van der Waals surface area contributed by atoms with Crippen LogP contribution in [0.15, 0.2) is 78.9 Å². The van der Waals surface area contributed by atoms with E-state index in [1.54, 1.807) is 18.2 Å². The summed E-state index contributed by atoms with van der Waals surface area (Å²) in [6.07, 6.45) is 1.82. The number of rotatable bonds is 6. The molecule has 3 aromatic carbocycles. The van der Waals surface area contributed by atoms with Crippen LogP contribution in [-0.4, -0.2) is 33.7 Å². The monoisotopic (exact) mass is 420 g/mol. The van der Waals surface area contributed by atoms with E-state index in [-0.39, 0.29) is 11.8 Å². The summed E-state index contributed by atoms with van der Waals surface area (Å²) in [5.74, 6) is -0.112. The second-order valence-electron chi connectivity index (χ2n) is 7.51. The molecule has 0 fully saturated rings. The molecule has 0 atom stereocenters. The Kier molecular flexibility index (Phi) is 5.59. The predicted octanol–water partition coefficient (Wildman–Crippen LogP) is 3.57. The molecule has 6 heteroatoms. The van der Waals surface area contributed by atoms with Crippen LogP contribution >= 0.6 is 0 Å². The molecule has 1 aliphatic rings. The molecular formula is C24H24N2O3S. The van der Waals surface area contributed by atoms with E-state index in [0.29, 0.717) is 30.8 Å². The number of anilines is 1. The molecule has 0 bridgehead atoms. The lowest BCUT2D eigenvalue weighted by molar-refractivity contribution is 0.0952. The van der Waals surface area contributed by atoms with Crippen molar-refractivity contribution in [2.45, 2.75) is 12.3 Å². The Balaban J connectivity index is 1.52. The van der Waals surface area contributed by atoms with Crippen molar-refractivity contribution in [3.05, 3.63) is 101 Å². The fraction of sp³-hybridized carbons (Fsp3) is 0.208. The molecule has 1 amide bonds. The number of hydrogen-bond acceptors (Lipinski definition) is 3. The Hall–Kier alpha value is -3.12. The fourth-order valence-electron chi connectivity index (χ4n) is 3.95. The molecule has 1 heterocycles. The van der Waals surface area contributed by atoms with E-state index in [4.69, 9.17) is 0 Å². The summed E-state index contributed by atoms with van der Waals surface area (Å²) >= 11 is 0. The van der Waals surface area contributed by atoms with Crippen molar-refractivity contribution in [3.8, 4) is 0 Å². The van der Waals surface area contributed by atoms with Gasteiger partial charge in [-0.2, -0.15) is 0 Å². The number of fused-ring (bicyclic) bond motifs is 1. The molecule has 154 valence electrons. The third kappa shape index (κ3) is 4.24. The Bertz CT molecular complexity index is 1110. The van der Waals surface area contributed by atoms with Crippen molar-refractivity contribution in [2.75, 3.05) is 23.7 Å². The number of benzene rings is 3. The first-order chi connectivity index (χ1) is 14.4. The van der Waals surface area contributed by atoms with E-state index in [1.165, 1.54) is 10.6 Å². The smallest absolute Gasteiger partial charge is 0.251 e. The van der Waals surface area contributed by atoms with Gasteiger partial charge in [0.05, 0.1) is 11.9 Å². The largest absolute Gasteiger partial charge is 0.351 e. The zero-order valence-electron chi connectivity index (χ0n) is 16.8. The van der Waals surface area contributed by atoms with Crippen LogP contribution in [0.25, 0.3) is 0 Å². The molecule has 1 N–H and O–H groups in total. The minimum absolute atomic E-state index is 0.0477. The summed E-state index contributed by atoms with van der Waals surface area (Å²) in [5, 5.41) is 3.06. The number of carbonyl (C=O) groups excluding carboxylic acids is 1. The Labute approximate surface area is 177 Å². The number of carbonyl (C=O) groups is 1. The summed E-state index contributed by atoms with van der Waals surface area (Å²) in [5.41, 5.74) is 4.38. The molecule has 0 saturated carbocycles. The first-order valence-electron chi connectivity index (χ1n) is 9.92. The normalized spacial score (nSPS) is 13.3. The second kappa shape index (κ2) is 8.32. The number of sulfonamides is 1. The maximum Gasteiger partial charge on any atom is 0.251 e. The summed E-state index contributed by atoms with van der Waals surface area (Å²) < 4.78 is 25.2. The highest BCUT2D eigenvalue weighted by molar-refractivity contribution is 7.92. The van der Waals surface area contributed by atoms with Gasteiger partial charge in [-0.25, -0.2) is 8.42 Å². The highest BCUT2D eigenvalue weighted by Crippen LogP contribution is 2.31. The summed E-state index contributed by atoms with van der Waals surface area (Å²) in [6, 6.07) is 25.5. The molecule has 0 aromatic heterocycles. The van der Waals surface area contributed by atoms with Crippen LogP contribution in [0.5, 0.6) is 0 Å². The lowest BCUT2D eigenvalue weighted by Gasteiger charge is -2.19. The van der Waals surface area contributed by atoms with Crippen LogP contribution in [0.1, 0.15) is 33.0 Å². The Morgan fingerprint density at radius 2 is 1.57 bits per heavy atom. The van der Waals surface area contributed by atoms with E-state index >= 15 is 0 Å². The van der Waals surface area contributed by atoms with Gasteiger partial charge in [0, 0.05) is 24.6 Å². The molecule has 4 rings (SSSR count). The molecule has 30 heavy (non-hydrogen) atoms. The van der Waals surface area contributed by atoms with E-state index in [2.05, 4.69) is 29.6 Å². The molecule has 0 aliphatic carbocycles. The summed E-state index contributed by atoms with van der Waals surface area (Å²) in [4.78, 5) is 12.8. The van der Waals surface area contributed by atoms with Crippen molar-refractivity contribution in [2.24, 2.45) is 0 Å².